The number of anilines is 2. The molecular weight excluding hydrogens is 334 g/mol. The third kappa shape index (κ3) is 3.56. The molecule has 1 aromatic heterocycles. The van der Waals surface area contributed by atoms with Crippen LogP contribution in [-0.4, -0.2) is 57.2 Å². The van der Waals surface area contributed by atoms with Gasteiger partial charge in [0.2, 0.25) is 11.9 Å². The number of nitrogens with zero attached hydrogens (tertiary/aromatic N) is 4. The average molecular weight is 359 g/mol. The lowest BCUT2D eigenvalue weighted by Gasteiger charge is -2.35. The highest BCUT2D eigenvalue weighted by Crippen LogP contribution is 2.26. The van der Waals surface area contributed by atoms with Crippen molar-refractivity contribution in [1.29, 1.82) is 0 Å². The first-order valence-corrected chi connectivity index (χ1v) is 8.90. The van der Waals surface area contributed by atoms with E-state index in [9.17, 15) is 15.0 Å². The first kappa shape index (κ1) is 18.3. The molecule has 1 amide bonds. The van der Waals surface area contributed by atoms with Crippen molar-refractivity contribution >= 4 is 28.6 Å². The largest absolute Gasteiger partial charge is 0.392 e. The fourth-order valence-electron chi connectivity index (χ4n) is 3.24. The van der Waals surface area contributed by atoms with E-state index in [-0.39, 0.29) is 19.1 Å². The van der Waals surface area contributed by atoms with Crippen molar-refractivity contribution in [3.05, 3.63) is 23.3 Å². The molecule has 0 atom stereocenters. The van der Waals surface area contributed by atoms with Crippen LogP contribution in [0.1, 0.15) is 30.9 Å². The molecule has 2 heterocycles. The number of hydrogen-bond acceptors (Lipinski definition) is 7. The molecule has 0 unspecified atom stereocenters. The van der Waals surface area contributed by atoms with Crippen molar-refractivity contribution in [2.24, 2.45) is 0 Å². The van der Waals surface area contributed by atoms with Gasteiger partial charge < -0.3 is 25.7 Å². The fraction of sp³-hybridized carbons (Fsp3) is 0.500. The number of rotatable bonds is 5. The van der Waals surface area contributed by atoms with Gasteiger partial charge in [-0.05, 0) is 29.7 Å². The number of fused-ring (bicyclic) bond motifs is 1. The van der Waals surface area contributed by atoms with Crippen LogP contribution in [0.2, 0.25) is 0 Å². The van der Waals surface area contributed by atoms with Gasteiger partial charge in [-0.25, -0.2) is 4.98 Å². The van der Waals surface area contributed by atoms with Gasteiger partial charge in [-0.15, -0.1) is 0 Å². The van der Waals surface area contributed by atoms with Crippen LogP contribution < -0.4 is 10.6 Å². The van der Waals surface area contributed by atoms with Crippen LogP contribution in [0.25, 0.3) is 10.9 Å². The van der Waals surface area contributed by atoms with Crippen molar-refractivity contribution in [2.45, 2.75) is 33.0 Å². The zero-order valence-electron chi connectivity index (χ0n) is 15.0. The lowest BCUT2D eigenvalue weighted by Crippen LogP contribution is -2.49. The van der Waals surface area contributed by atoms with Gasteiger partial charge in [0.25, 0.3) is 0 Å². The minimum absolute atomic E-state index is 0.177. The Kier molecular flexibility index (Phi) is 5.53. The van der Waals surface area contributed by atoms with Gasteiger partial charge in [-0.2, -0.15) is 4.98 Å². The summed E-state index contributed by atoms with van der Waals surface area (Å²) in [7, 11) is 0. The molecule has 1 fully saturated rings. The first-order chi connectivity index (χ1) is 12.6. The quantitative estimate of drug-likeness (QED) is 0.717. The second kappa shape index (κ2) is 7.84. The van der Waals surface area contributed by atoms with E-state index in [1.807, 2.05) is 16.7 Å². The van der Waals surface area contributed by atoms with Gasteiger partial charge in [0.1, 0.15) is 5.82 Å². The lowest BCUT2D eigenvalue weighted by atomic mass is 10.1. The summed E-state index contributed by atoms with van der Waals surface area (Å²) in [5.41, 5.74) is 7.99. The first-order valence-electron chi connectivity index (χ1n) is 8.90. The smallest absolute Gasteiger partial charge is 0.228 e. The number of benzene rings is 1. The van der Waals surface area contributed by atoms with Gasteiger partial charge in [0.05, 0.1) is 18.7 Å². The minimum atomic E-state index is -0.180. The van der Waals surface area contributed by atoms with Gasteiger partial charge in [-0.3, -0.25) is 4.79 Å². The molecule has 0 spiro atoms. The molecular formula is C18H25N5O3. The zero-order chi connectivity index (χ0) is 18.7. The molecule has 3 rings (SSSR count). The number of nitrogens with two attached hydrogens (primary N) is 1. The van der Waals surface area contributed by atoms with E-state index >= 15 is 0 Å². The van der Waals surface area contributed by atoms with Crippen LogP contribution in [-0.2, 0) is 18.0 Å². The molecule has 26 heavy (non-hydrogen) atoms. The average Bonchev–Trinajstić information content (AvgIpc) is 2.67. The molecule has 0 bridgehead atoms. The number of amides is 1. The highest BCUT2D eigenvalue weighted by Gasteiger charge is 2.23. The summed E-state index contributed by atoms with van der Waals surface area (Å²) >= 11 is 0. The van der Waals surface area contributed by atoms with Gasteiger partial charge in [0, 0.05) is 38.0 Å². The lowest BCUT2D eigenvalue weighted by molar-refractivity contribution is -0.131. The summed E-state index contributed by atoms with van der Waals surface area (Å²) in [6.45, 7) is 4.24. The summed E-state index contributed by atoms with van der Waals surface area (Å²) in [4.78, 5) is 24.9. The van der Waals surface area contributed by atoms with Crippen molar-refractivity contribution in [2.75, 3.05) is 36.8 Å². The van der Waals surface area contributed by atoms with E-state index in [1.54, 1.807) is 12.1 Å². The maximum absolute atomic E-state index is 12.0. The molecule has 140 valence electrons. The molecule has 0 radical (unpaired) electrons. The Labute approximate surface area is 152 Å². The Morgan fingerprint density at radius 2 is 1.77 bits per heavy atom. The standard InChI is InChI=1S/C18H25N5O3/c1-2-3-16(26)22-4-6-23(7-5-22)18-20-15-9-13(11-25)12(10-24)8-14(15)17(19)21-18/h8-9,24-25H,2-7,10-11H2,1H3,(H2,19,20,21). The Bertz CT molecular complexity index is 803. The number of carbonyl (C=O) groups excluding carboxylic acids is 1. The van der Waals surface area contributed by atoms with Crippen molar-refractivity contribution in [3.8, 4) is 0 Å². The second-order valence-electron chi connectivity index (χ2n) is 6.48. The normalized spacial score (nSPS) is 14.9. The molecule has 1 aliphatic rings. The van der Waals surface area contributed by atoms with Gasteiger partial charge in [-0.1, -0.05) is 6.92 Å². The van der Waals surface area contributed by atoms with E-state index < -0.39 is 0 Å². The molecule has 0 saturated carbocycles. The molecule has 8 nitrogen and oxygen atoms in total. The van der Waals surface area contributed by atoms with Crippen molar-refractivity contribution < 1.29 is 15.0 Å². The van der Waals surface area contributed by atoms with Crippen LogP contribution in [0.5, 0.6) is 0 Å². The molecule has 1 saturated heterocycles. The van der Waals surface area contributed by atoms with Crippen LogP contribution in [0, 0.1) is 0 Å². The van der Waals surface area contributed by atoms with E-state index in [4.69, 9.17) is 5.73 Å². The summed E-state index contributed by atoms with van der Waals surface area (Å²) in [6, 6.07) is 3.46. The summed E-state index contributed by atoms with van der Waals surface area (Å²) in [6.07, 6.45) is 1.43. The number of hydrogen-bond donors (Lipinski definition) is 3. The van der Waals surface area contributed by atoms with Crippen LogP contribution in [0.4, 0.5) is 11.8 Å². The summed E-state index contributed by atoms with van der Waals surface area (Å²) in [5.74, 6) is 1.06. The Morgan fingerprint density at radius 3 is 2.38 bits per heavy atom. The predicted octanol–water partition coefficient (Wildman–Crippen LogP) is 0.645. The van der Waals surface area contributed by atoms with E-state index in [0.717, 1.165) is 6.42 Å². The van der Waals surface area contributed by atoms with Crippen LogP contribution in [0.3, 0.4) is 0 Å². The monoisotopic (exact) mass is 359 g/mol. The molecule has 4 N–H and O–H groups in total. The summed E-state index contributed by atoms with van der Waals surface area (Å²) in [5, 5.41) is 19.6. The maximum Gasteiger partial charge on any atom is 0.228 e. The molecule has 1 aliphatic heterocycles. The zero-order valence-corrected chi connectivity index (χ0v) is 15.0. The third-order valence-corrected chi connectivity index (χ3v) is 4.75. The van der Waals surface area contributed by atoms with Crippen LogP contribution in [0.15, 0.2) is 12.1 Å². The Hall–Kier alpha value is -2.45. The maximum atomic E-state index is 12.0. The highest BCUT2D eigenvalue weighted by atomic mass is 16.3. The molecule has 8 heteroatoms. The number of aliphatic hydroxyl groups excluding tert-OH is 2. The highest BCUT2D eigenvalue weighted by molar-refractivity contribution is 5.90. The number of aliphatic hydroxyl groups is 2. The third-order valence-electron chi connectivity index (χ3n) is 4.75. The fourth-order valence-corrected chi connectivity index (χ4v) is 3.24. The molecule has 0 aliphatic carbocycles. The van der Waals surface area contributed by atoms with Crippen LogP contribution >= 0.6 is 0 Å². The van der Waals surface area contributed by atoms with Gasteiger partial charge in [0.15, 0.2) is 0 Å². The minimum Gasteiger partial charge on any atom is -0.392 e. The molecule has 2 aromatic rings. The predicted molar refractivity (Wildman–Crippen MR) is 99.5 cm³/mol. The number of piperazine rings is 1. The van der Waals surface area contributed by atoms with Gasteiger partial charge >= 0.3 is 0 Å². The van der Waals surface area contributed by atoms with E-state index in [1.165, 1.54) is 0 Å². The Balaban J connectivity index is 1.84. The number of aromatic nitrogens is 2. The number of nitrogen functional groups attached to an aromatic ring is 1. The van der Waals surface area contributed by atoms with Crippen molar-refractivity contribution in [1.82, 2.24) is 14.9 Å². The second-order valence-corrected chi connectivity index (χ2v) is 6.48. The van der Waals surface area contributed by atoms with E-state index in [2.05, 4.69) is 9.97 Å². The Morgan fingerprint density at radius 1 is 1.12 bits per heavy atom. The SMILES string of the molecule is CCCC(=O)N1CCN(c2nc(N)c3cc(CO)c(CO)cc3n2)CC1. The summed E-state index contributed by atoms with van der Waals surface area (Å²) < 4.78 is 0. The molecule has 1 aromatic carbocycles. The van der Waals surface area contributed by atoms with Crippen molar-refractivity contribution in [3.63, 3.8) is 0 Å². The number of carbonyl (C=O) groups is 1. The topological polar surface area (TPSA) is 116 Å². The van der Waals surface area contributed by atoms with E-state index in [0.29, 0.717) is 66.4 Å².